The molecule has 0 heterocycles. The van der Waals surface area contributed by atoms with Gasteiger partial charge in [-0.2, -0.15) is 5.26 Å². The van der Waals surface area contributed by atoms with E-state index in [2.05, 4.69) is 0 Å². The summed E-state index contributed by atoms with van der Waals surface area (Å²) in [6.07, 6.45) is 0. The third kappa shape index (κ3) is 1.93. The van der Waals surface area contributed by atoms with Crippen molar-refractivity contribution >= 4 is 11.8 Å². The largest absolute Gasteiger partial charge is 0.507 e. The molecule has 0 amide bonds. The molecule has 1 rings (SSSR count). The minimum atomic E-state index is 0.251. The number of thioether (sulfide) groups is 1. The van der Waals surface area contributed by atoms with Gasteiger partial charge >= 0.3 is 0 Å². The van der Waals surface area contributed by atoms with Crippen LogP contribution in [0, 0.1) is 11.3 Å². The zero-order chi connectivity index (χ0) is 8.97. The highest BCUT2D eigenvalue weighted by atomic mass is 32.2. The molecule has 0 atom stereocenters. The van der Waals surface area contributed by atoms with Gasteiger partial charge in [-0.15, -0.1) is 11.8 Å². The van der Waals surface area contributed by atoms with Gasteiger partial charge in [0, 0.05) is 0 Å². The van der Waals surface area contributed by atoms with E-state index < -0.39 is 0 Å². The Hall–Kier alpha value is -1.14. The number of nitriles is 1. The van der Waals surface area contributed by atoms with Crippen LogP contribution in [-0.4, -0.2) is 10.9 Å². The fourth-order valence-electron chi connectivity index (χ4n) is 0.855. The molecule has 0 fully saturated rings. The minimum absolute atomic E-state index is 0.251. The average molecular weight is 179 g/mol. The zero-order valence-corrected chi connectivity index (χ0v) is 7.56. The smallest absolute Gasteiger partial charge is 0.129 e. The summed E-state index contributed by atoms with van der Waals surface area (Å²) in [5.74, 6) is 1.14. The van der Waals surface area contributed by atoms with Crippen LogP contribution in [0.3, 0.4) is 0 Å². The number of nitrogens with zero attached hydrogens (tertiary/aromatic N) is 1. The number of hydrogen-bond acceptors (Lipinski definition) is 3. The first-order valence-corrected chi connectivity index (χ1v) is 4.62. The van der Waals surface area contributed by atoms with E-state index in [0.29, 0.717) is 5.56 Å². The van der Waals surface area contributed by atoms with Gasteiger partial charge in [0.1, 0.15) is 5.75 Å². The van der Waals surface area contributed by atoms with Crippen LogP contribution < -0.4 is 0 Å². The van der Waals surface area contributed by atoms with Crippen molar-refractivity contribution in [3.63, 3.8) is 0 Å². The maximum absolute atomic E-state index is 9.33. The second-order valence-corrected chi connectivity index (χ2v) is 3.53. The molecule has 3 heteroatoms. The Bertz CT molecular complexity index is 317. The van der Waals surface area contributed by atoms with Crippen molar-refractivity contribution in [1.82, 2.24) is 0 Å². The third-order valence-corrected chi connectivity index (χ3v) is 2.32. The highest BCUT2D eigenvalue weighted by Gasteiger charge is 2.01. The van der Waals surface area contributed by atoms with E-state index in [1.54, 1.807) is 18.2 Å². The lowest BCUT2D eigenvalue weighted by Gasteiger charge is -2.01. The number of rotatable bonds is 2. The molecule has 12 heavy (non-hydrogen) atoms. The van der Waals surface area contributed by atoms with Crippen LogP contribution >= 0.6 is 11.8 Å². The van der Waals surface area contributed by atoms with E-state index >= 15 is 0 Å². The monoisotopic (exact) mass is 179 g/mol. The quantitative estimate of drug-likeness (QED) is 0.709. The molecule has 0 saturated heterocycles. The van der Waals surface area contributed by atoms with Crippen molar-refractivity contribution in [2.24, 2.45) is 0 Å². The Labute approximate surface area is 75.8 Å². The zero-order valence-electron chi connectivity index (χ0n) is 6.74. The maximum Gasteiger partial charge on any atom is 0.129 e. The number of phenols is 1. The molecule has 1 aromatic rings. The molecule has 0 saturated carbocycles. The Morgan fingerprint density at radius 3 is 2.92 bits per heavy atom. The number of benzene rings is 1. The highest BCUT2D eigenvalue weighted by Crippen LogP contribution is 2.28. The van der Waals surface area contributed by atoms with Gasteiger partial charge in [-0.1, -0.05) is 6.92 Å². The fraction of sp³-hybridized carbons (Fsp3) is 0.222. The minimum Gasteiger partial charge on any atom is -0.507 e. The fourth-order valence-corrected chi connectivity index (χ4v) is 1.59. The summed E-state index contributed by atoms with van der Waals surface area (Å²) in [5.41, 5.74) is 0.587. The highest BCUT2D eigenvalue weighted by molar-refractivity contribution is 7.99. The molecule has 1 N–H and O–H groups in total. The Kier molecular flexibility index (Phi) is 3.01. The van der Waals surface area contributed by atoms with Gasteiger partial charge in [0.05, 0.1) is 16.5 Å². The van der Waals surface area contributed by atoms with E-state index in [4.69, 9.17) is 5.26 Å². The van der Waals surface area contributed by atoms with Crippen LogP contribution in [0.25, 0.3) is 0 Å². The van der Waals surface area contributed by atoms with E-state index in [1.165, 1.54) is 11.8 Å². The topological polar surface area (TPSA) is 44.0 Å². The van der Waals surface area contributed by atoms with Crippen LogP contribution in [0.5, 0.6) is 5.75 Å². The summed E-state index contributed by atoms with van der Waals surface area (Å²) in [7, 11) is 0. The maximum atomic E-state index is 9.33. The summed E-state index contributed by atoms with van der Waals surface area (Å²) in [6.45, 7) is 2.00. The van der Waals surface area contributed by atoms with E-state index in [-0.39, 0.29) is 5.75 Å². The lowest BCUT2D eigenvalue weighted by atomic mass is 10.2. The van der Waals surface area contributed by atoms with Crippen molar-refractivity contribution < 1.29 is 5.11 Å². The Balaban J connectivity index is 3.01. The first-order valence-electron chi connectivity index (χ1n) is 3.64. The van der Waals surface area contributed by atoms with Gasteiger partial charge in [0.15, 0.2) is 0 Å². The molecule has 0 unspecified atom stereocenters. The van der Waals surface area contributed by atoms with Crippen molar-refractivity contribution in [3.05, 3.63) is 23.8 Å². The normalized spacial score (nSPS) is 9.33. The molecule has 0 aliphatic rings. The lowest BCUT2D eigenvalue weighted by molar-refractivity contribution is 0.462. The van der Waals surface area contributed by atoms with Crippen LogP contribution in [0.15, 0.2) is 23.1 Å². The van der Waals surface area contributed by atoms with Crippen molar-refractivity contribution in [3.8, 4) is 11.8 Å². The second-order valence-electron chi connectivity index (χ2n) is 2.23. The molecule has 0 aliphatic heterocycles. The average Bonchev–Trinajstić information content (AvgIpc) is 2.09. The molecule has 0 spiro atoms. The number of phenolic OH excluding ortho intramolecular Hbond substituents is 1. The molecule has 1 aromatic carbocycles. The van der Waals surface area contributed by atoms with Gasteiger partial charge in [-0.25, -0.2) is 0 Å². The number of aromatic hydroxyl groups is 1. The lowest BCUT2D eigenvalue weighted by Crippen LogP contribution is -1.78. The standard InChI is InChI=1S/C9H9NOS/c1-2-12-9-5-7(6-10)3-4-8(9)11/h3-5,11H,2H2,1H3. The van der Waals surface area contributed by atoms with Crippen LogP contribution in [0.2, 0.25) is 0 Å². The third-order valence-electron chi connectivity index (χ3n) is 1.39. The first-order chi connectivity index (χ1) is 5.77. The predicted molar refractivity (Wildman–Crippen MR) is 49.2 cm³/mol. The summed E-state index contributed by atoms with van der Waals surface area (Å²) < 4.78 is 0. The molecule has 0 radical (unpaired) electrons. The molecular weight excluding hydrogens is 170 g/mol. The van der Waals surface area contributed by atoms with Crippen LogP contribution in [0.1, 0.15) is 12.5 Å². The van der Waals surface area contributed by atoms with Crippen LogP contribution in [-0.2, 0) is 0 Å². The molecular formula is C9H9NOS. The van der Waals surface area contributed by atoms with Crippen LogP contribution in [0.4, 0.5) is 0 Å². The van der Waals surface area contributed by atoms with E-state index in [1.807, 2.05) is 13.0 Å². The Morgan fingerprint density at radius 2 is 2.33 bits per heavy atom. The van der Waals surface area contributed by atoms with Gasteiger partial charge < -0.3 is 5.11 Å². The molecule has 2 nitrogen and oxygen atoms in total. The van der Waals surface area contributed by atoms with Gasteiger partial charge in [-0.3, -0.25) is 0 Å². The number of hydrogen-bond donors (Lipinski definition) is 1. The van der Waals surface area contributed by atoms with Crippen molar-refractivity contribution in [1.29, 1.82) is 5.26 Å². The summed E-state index contributed by atoms with van der Waals surface area (Å²) in [4.78, 5) is 0.775. The molecule has 0 bridgehead atoms. The molecule has 62 valence electrons. The van der Waals surface area contributed by atoms with Crippen molar-refractivity contribution in [2.75, 3.05) is 5.75 Å². The second kappa shape index (κ2) is 4.03. The van der Waals surface area contributed by atoms with E-state index in [0.717, 1.165) is 10.6 Å². The molecule has 0 aliphatic carbocycles. The van der Waals surface area contributed by atoms with E-state index in [9.17, 15) is 5.11 Å². The van der Waals surface area contributed by atoms with Crippen molar-refractivity contribution in [2.45, 2.75) is 11.8 Å². The van der Waals surface area contributed by atoms with Gasteiger partial charge in [0.2, 0.25) is 0 Å². The summed E-state index contributed by atoms with van der Waals surface area (Å²) in [6, 6.07) is 6.88. The summed E-state index contributed by atoms with van der Waals surface area (Å²) in [5, 5.41) is 17.9. The first kappa shape index (κ1) is 8.95. The van der Waals surface area contributed by atoms with Gasteiger partial charge in [0.25, 0.3) is 0 Å². The van der Waals surface area contributed by atoms with Gasteiger partial charge in [-0.05, 0) is 24.0 Å². The summed E-state index contributed by atoms with van der Waals surface area (Å²) >= 11 is 1.53. The predicted octanol–water partition coefficient (Wildman–Crippen LogP) is 2.38. The SMILES string of the molecule is CCSc1cc(C#N)ccc1O. The Morgan fingerprint density at radius 1 is 1.58 bits per heavy atom. The molecule has 0 aromatic heterocycles.